The summed E-state index contributed by atoms with van der Waals surface area (Å²) in [6.07, 6.45) is 21.9. The average molecular weight is 284 g/mol. The molecule has 0 aliphatic heterocycles. The van der Waals surface area contributed by atoms with Gasteiger partial charge in [-0.15, -0.1) is 0 Å². The van der Waals surface area contributed by atoms with Crippen LogP contribution in [0.3, 0.4) is 0 Å². The Balaban J connectivity index is 2.93. The van der Waals surface area contributed by atoms with Gasteiger partial charge in [0.15, 0.2) is 0 Å². The van der Waals surface area contributed by atoms with Crippen LogP contribution in [-0.2, 0) is 0 Å². The zero-order valence-corrected chi connectivity index (χ0v) is 14.2. The monoisotopic (exact) mass is 283 g/mol. The SMILES string of the molecule is CCCCCCCCCCCCCCC[CH]C(C)=S. The minimum atomic E-state index is 1.05. The fourth-order valence-corrected chi connectivity index (χ4v) is 2.59. The maximum atomic E-state index is 5.03. The average Bonchev–Trinajstić information content (AvgIpc) is 2.39. The lowest BCUT2D eigenvalue weighted by Gasteiger charge is -2.03. The van der Waals surface area contributed by atoms with Crippen LogP contribution in [0, 0.1) is 6.42 Å². The molecule has 1 heteroatoms. The van der Waals surface area contributed by atoms with Gasteiger partial charge in [0.05, 0.1) is 0 Å². The van der Waals surface area contributed by atoms with Crippen molar-refractivity contribution >= 4 is 17.1 Å². The molecule has 0 aromatic rings. The van der Waals surface area contributed by atoms with E-state index >= 15 is 0 Å². The first-order chi connectivity index (χ1) is 9.27. The van der Waals surface area contributed by atoms with Crippen LogP contribution in [0.1, 0.15) is 104 Å². The van der Waals surface area contributed by atoms with Crippen molar-refractivity contribution in [1.82, 2.24) is 0 Å². The molecular formula is C18H35S. The van der Waals surface area contributed by atoms with Gasteiger partial charge in [0.1, 0.15) is 0 Å². The van der Waals surface area contributed by atoms with Crippen molar-refractivity contribution in [3.05, 3.63) is 6.42 Å². The highest BCUT2D eigenvalue weighted by Crippen LogP contribution is 2.13. The molecule has 0 nitrogen and oxygen atoms in total. The molecule has 19 heavy (non-hydrogen) atoms. The minimum Gasteiger partial charge on any atom is -0.0897 e. The Morgan fingerprint density at radius 2 is 1.05 bits per heavy atom. The van der Waals surface area contributed by atoms with Crippen LogP contribution in [0.5, 0.6) is 0 Å². The second kappa shape index (κ2) is 16.1. The van der Waals surface area contributed by atoms with Crippen molar-refractivity contribution < 1.29 is 0 Å². The molecular weight excluding hydrogens is 248 g/mol. The topological polar surface area (TPSA) is 0 Å². The molecule has 0 amide bonds. The summed E-state index contributed by atoms with van der Waals surface area (Å²) in [6.45, 7) is 4.30. The van der Waals surface area contributed by atoms with E-state index in [1.54, 1.807) is 0 Å². The molecule has 0 unspecified atom stereocenters. The Hall–Kier alpha value is 0.0900. The van der Waals surface area contributed by atoms with E-state index in [1.165, 1.54) is 89.9 Å². The second-order valence-electron chi connectivity index (χ2n) is 5.85. The molecule has 0 saturated carbocycles. The van der Waals surface area contributed by atoms with E-state index in [0.717, 1.165) is 4.86 Å². The summed E-state index contributed by atoms with van der Waals surface area (Å²) in [6, 6.07) is 0. The third kappa shape index (κ3) is 18.1. The van der Waals surface area contributed by atoms with Crippen LogP contribution in [0.4, 0.5) is 0 Å². The van der Waals surface area contributed by atoms with E-state index in [4.69, 9.17) is 12.2 Å². The van der Waals surface area contributed by atoms with Gasteiger partial charge in [0, 0.05) is 0 Å². The first kappa shape index (κ1) is 19.1. The Morgan fingerprint density at radius 3 is 1.42 bits per heavy atom. The van der Waals surface area contributed by atoms with Crippen molar-refractivity contribution in [2.75, 3.05) is 0 Å². The van der Waals surface area contributed by atoms with Crippen LogP contribution < -0.4 is 0 Å². The van der Waals surface area contributed by atoms with Crippen LogP contribution >= 0.6 is 12.2 Å². The Kier molecular flexibility index (Phi) is 16.2. The highest BCUT2D eigenvalue weighted by Gasteiger charge is 1.94. The summed E-state index contributed by atoms with van der Waals surface area (Å²) in [4.78, 5) is 1.05. The molecule has 0 bridgehead atoms. The zero-order chi connectivity index (χ0) is 14.2. The lowest BCUT2D eigenvalue weighted by molar-refractivity contribution is 0.539. The minimum absolute atomic E-state index is 1.05. The first-order valence-electron chi connectivity index (χ1n) is 8.61. The van der Waals surface area contributed by atoms with Crippen LogP contribution in [0.25, 0.3) is 0 Å². The fraction of sp³-hybridized carbons (Fsp3) is 0.889. The van der Waals surface area contributed by atoms with Gasteiger partial charge in [-0.05, 0) is 24.6 Å². The standard InChI is InChI=1S/C18H35S/c1-3-4-5-6-7-8-9-10-11-12-13-14-15-16-17-18(2)19/h17H,3-16H2,1-2H3. The maximum absolute atomic E-state index is 5.03. The van der Waals surface area contributed by atoms with Crippen LogP contribution in [0.15, 0.2) is 0 Å². The Bertz CT molecular complexity index is 186. The third-order valence-electron chi connectivity index (χ3n) is 3.74. The smallest absolute Gasteiger partial charge is 0.00272 e. The molecule has 0 N–H and O–H groups in total. The molecule has 0 atom stereocenters. The van der Waals surface area contributed by atoms with Gasteiger partial charge in [-0.2, -0.15) is 0 Å². The van der Waals surface area contributed by atoms with Crippen molar-refractivity contribution in [2.24, 2.45) is 0 Å². The number of hydrogen-bond donors (Lipinski definition) is 0. The predicted octanol–water partition coefficient (Wildman–Crippen LogP) is 7.06. The van der Waals surface area contributed by atoms with Gasteiger partial charge < -0.3 is 0 Å². The lowest BCUT2D eigenvalue weighted by Crippen LogP contribution is -1.88. The highest BCUT2D eigenvalue weighted by atomic mass is 32.1. The summed E-state index contributed by atoms with van der Waals surface area (Å²) in [5, 5.41) is 0. The fourth-order valence-electron chi connectivity index (χ4n) is 2.47. The normalized spacial score (nSPS) is 10.8. The molecule has 0 saturated heterocycles. The molecule has 1 radical (unpaired) electrons. The molecule has 0 aromatic heterocycles. The largest absolute Gasteiger partial charge is 0.0897 e. The Labute approximate surface area is 127 Å². The van der Waals surface area contributed by atoms with E-state index in [-0.39, 0.29) is 0 Å². The second-order valence-corrected chi connectivity index (χ2v) is 6.49. The van der Waals surface area contributed by atoms with Crippen molar-refractivity contribution in [3.8, 4) is 0 Å². The first-order valence-corrected chi connectivity index (χ1v) is 9.02. The molecule has 0 spiro atoms. The summed E-state index contributed by atoms with van der Waals surface area (Å²) in [7, 11) is 0. The van der Waals surface area contributed by atoms with Crippen molar-refractivity contribution in [2.45, 2.75) is 104 Å². The molecule has 113 valence electrons. The number of thiocarbonyl (C=S) groups is 1. The molecule has 0 aliphatic carbocycles. The van der Waals surface area contributed by atoms with E-state index < -0.39 is 0 Å². The summed E-state index contributed by atoms with van der Waals surface area (Å²) in [5.41, 5.74) is 0. The maximum Gasteiger partial charge on any atom is -0.00272 e. The number of rotatable bonds is 15. The quantitative estimate of drug-likeness (QED) is 0.229. The lowest BCUT2D eigenvalue weighted by atomic mass is 10.0. The van der Waals surface area contributed by atoms with E-state index in [2.05, 4.69) is 13.3 Å². The number of unbranched alkanes of at least 4 members (excludes halogenated alkanes) is 13. The molecule has 0 fully saturated rings. The van der Waals surface area contributed by atoms with E-state index in [1.807, 2.05) is 6.92 Å². The summed E-state index contributed by atoms with van der Waals surface area (Å²) < 4.78 is 0. The number of hydrogen-bond acceptors (Lipinski definition) is 1. The summed E-state index contributed by atoms with van der Waals surface area (Å²) >= 11 is 5.03. The van der Waals surface area contributed by atoms with Gasteiger partial charge >= 0.3 is 0 Å². The van der Waals surface area contributed by atoms with Gasteiger partial charge in [0.25, 0.3) is 0 Å². The van der Waals surface area contributed by atoms with Crippen molar-refractivity contribution in [3.63, 3.8) is 0 Å². The molecule has 0 heterocycles. The zero-order valence-electron chi connectivity index (χ0n) is 13.4. The third-order valence-corrected chi connectivity index (χ3v) is 3.91. The van der Waals surface area contributed by atoms with Gasteiger partial charge in [-0.25, -0.2) is 0 Å². The highest BCUT2D eigenvalue weighted by molar-refractivity contribution is 7.80. The van der Waals surface area contributed by atoms with E-state index in [0.29, 0.717) is 0 Å². The molecule has 0 rings (SSSR count). The van der Waals surface area contributed by atoms with Gasteiger partial charge in [-0.3, -0.25) is 0 Å². The molecule has 0 aromatic carbocycles. The van der Waals surface area contributed by atoms with Gasteiger partial charge in [-0.1, -0.05) is 103 Å². The van der Waals surface area contributed by atoms with Crippen molar-refractivity contribution in [1.29, 1.82) is 0 Å². The van der Waals surface area contributed by atoms with Crippen LogP contribution in [-0.4, -0.2) is 4.86 Å². The van der Waals surface area contributed by atoms with E-state index in [9.17, 15) is 0 Å². The van der Waals surface area contributed by atoms with Crippen LogP contribution in [0.2, 0.25) is 0 Å². The van der Waals surface area contributed by atoms with Gasteiger partial charge in [0.2, 0.25) is 0 Å². The molecule has 0 aliphatic rings. The predicted molar refractivity (Wildman–Crippen MR) is 92.9 cm³/mol. The Morgan fingerprint density at radius 1 is 0.684 bits per heavy atom. The summed E-state index contributed by atoms with van der Waals surface area (Å²) in [5.74, 6) is 0.